The lowest BCUT2D eigenvalue weighted by Gasteiger charge is -2.47. The number of benzene rings is 3. The van der Waals surface area contributed by atoms with Crippen LogP contribution in [0.2, 0.25) is 5.02 Å². The molecule has 73 heavy (non-hydrogen) atoms. The van der Waals surface area contributed by atoms with Crippen molar-refractivity contribution in [2.24, 2.45) is 44.1 Å². The van der Waals surface area contributed by atoms with Crippen LogP contribution >= 0.6 is 11.6 Å². The second kappa shape index (κ2) is 18.9. The third-order valence-corrected chi connectivity index (χ3v) is 18.0. The van der Waals surface area contributed by atoms with Crippen LogP contribution in [0.15, 0.2) is 78.9 Å². The Morgan fingerprint density at radius 1 is 0.726 bits per heavy atom. The van der Waals surface area contributed by atoms with Gasteiger partial charge in [0.2, 0.25) is 0 Å². The number of rotatable bonds is 10. The van der Waals surface area contributed by atoms with E-state index in [4.69, 9.17) is 31.9 Å². The van der Waals surface area contributed by atoms with Gasteiger partial charge in [-0.05, 0) is 174 Å². The number of carbonyl (C=O) groups excluding carboxylic acids is 4. The van der Waals surface area contributed by atoms with Gasteiger partial charge in [0.05, 0.1) is 46.1 Å². The van der Waals surface area contributed by atoms with Crippen LogP contribution in [0.5, 0.6) is 0 Å². The number of nitrogens with one attached hydrogen (secondary N) is 1. The third kappa shape index (κ3) is 11.1. The Bertz CT molecular complexity index is 2770. The number of carbonyl (C=O) groups is 5. The first-order valence-corrected chi connectivity index (χ1v) is 26.6. The second-order valence-electron chi connectivity index (χ2n) is 24.5. The van der Waals surface area contributed by atoms with Crippen molar-refractivity contribution in [3.63, 3.8) is 0 Å². The van der Waals surface area contributed by atoms with E-state index in [1.807, 2.05) is 74.5 Å². The average Bonchev–Trinajstić information content (AvgIpc) is 4.12. The molecule has 3 aromatic carbocycles. The molecule has 15 heteroatoms. The molecule has 3 amide bonds. The number of nitrogens with zero attached hydrogens (tertiary/aromatic N) is 3. The molecule has 0 unspecified atom stereocenters. The van der Waals surface area contributed by atoms with E-state index < -0.39 is 17.7 Å². The largest absolute Gasteiger partial charge is 0.481 e. The van der Waals surface area contributed by atoms with E-state index in [9.17, 15) is 28.4 Å². The maximum Gasteiger partial charge on any atom is 0.318 e. The number of aromatic nitrogens is 2. The first kappa shape index (κ1) is 50.8. The van der Waals surface area contributed by atoms with E-state index >= 15 is 0 Å². The van der Waals surface area contributed by atoms with Gasteiger partial charge in [0.1, 0.15) is 24.7 Å². The van der Waals surface area contributed by atoms with Crippen molar-refractivity contribution in [2.45, 2.75) is 155 Å². The van der Waals surface area contributed by atoms with E-state index in [2.05, 4.69) is 17.3 Å². The van der Waals surface area contributed by atoms with Gasteiger partial charge in [0.15, 0.2) is 0 Å². The molecule has 2 heterocycles. The summed E-state index contributed by atoms with van der Waals surface area (Å²) < 4.78 is 26.0. The van der Waals surface area contributed by atoms with E-state index in [1.54, 1.807) is 9.58 Å². The summed E-state index contributed by atoms with van der Waals surface area (Å²) >= 11 is 5.91. The minimum atomic E-state index is -0.643. The van der Waals surface area contributed by atoms with Gasteiger partial charge in [-0.2, -0.15) is 5.10 Å². The highest BCUT2D eigenvalue weighted by molar-refractivity contribution is 6.31. The molecule has 4 aromatic rings. The summed E-state index contributed by atoms with van der Waals surface area (Å²) in [6.45, 7) is 7.97. The Hall–Kier alpha value is -5.76. The Morgan fingerprint density at radius 2 is 1.25 bits per heavy atom. The summed E-state index contributed by atoms with van der Waals surface area (Å²) in [7, 11) is 0. The van der Waals surface area contributed by atoms with Gasteiger partial charge in [0.25, 0.3) is 5.91 Å². The van der Waals surface area contributed by atoms with Crippen LogP contribution in [-0.4, -0.2) is 61.7 Å². The molecule has 9 aliphatic rings. The number of carboxylic acid groups (broad SMARTS) is 1. The van der Waals surface area contributed by atoms with Gasteiger partial charge in [-0.25, -0.2) is 9.18 Å². The van der Waals surface area contributed by atoms with Crippen molar-refractivity contribution < 1.29 is 42.9 Å². The van der Waals surface area contributed by atoms with Gasteiger partial charge in [0, 0.05) is 17.6 Å². The van der Waals surface area contributed by atoms with Crippen molar-refractivity contribution in [3.8, 4) is 11.3 Å². The second-order valence-corrected chi connectivity index (χ2v) is 25.0. The zero-order valence-electron chi connectivity index (χ0n) is 42.4. The molecule has 13 rings (SSSR count). The molecular formula is C58H69ClFN5O8. The average molecular weight is 1020 g/mol. The molecule has 8 aliphatic carbocycles. The van der Waals surface area contributed by atoms with Gasteiger partial charge in [-0.1, -0.05) is 72.3 Å². The first-order valence-electron chi connectivity index (χ1n) is 26.2. The standard InChI is InChI=1S/C21H23ClFN5O2.C15H18O2.C14H16O2.C8H12O2/c1-20(10-21(11-20)4-5-21)25-19(30)27-6-7-28-15(9-27)16(18(24)29)17(26-28)12-2-3-14(23)13(22)8-12;1-14(10-15(11-14)7-8-15)13(16)17-9-12-5-3-2-4-6-12;15-13(12-8-14(9-12)6-7-14)16-10-11-4-2-1-3-5-11;1-7(6(9)10)4-8(5-7)2-3-8/h2-3,8H,4-7,9-11H2,1H3,(H2,24,29)(H,25,30);2-6H,7-11H2,1H3;1-5,12H,6-10H2;2-5H2,1H3,(H,9,10). The number of primary amides is 1. The summed E-state index contributed by atoms with van der Waals surface area (Å²) in [4.78, 5) is 61.2. The van der Waals surface area contributed by atoms with Crippen LogP contribution in [-0.2, 0) is 50.2 Å². The summed E-state index contributed by atoms with van der Waals surface area (Å²) in [5, 5.41) is 16.4. The summed E-state index contributed by atoms with van der Waals surface area (Å²) in [6, 6.07) is 23.8. The van der Waals surface area contributed by atoms with E-state index in [1.165, 1.54) is 69.6 Å². The Morgan fingerprint density at radius 3 is 1.75 bits per heavy atom. The molecule has 4 spiro atoms. The fraction of sp³-hybridized carbons (Fsp3) is 0.552. The lowest BCUT2D eigenvalue weighted by Crippen LogP contribution is -2.59. The Kier molecular flexibility index (Phi) is 13.1. The fourth-order valence-corrected chi connectivity index (χ4v) is 13.4. The fourth-order valence-electron chi connectivity index (χ4n) is 13.2. The number of halogens is 2. The number of hydrogen-bond acceptors (Lipinski definition) is 8. The van der Waals surface area contributed by atoms with Crippen molar-refractivity contribution in [2.75, 3.05) is 6.54 Å². The van der Waals surface area contributed by atoms with Crippen LogP contribution in [0.3, 0.4) is 0 Å². The Balaban J connectivity index is 0.000000121. The quantitative estimate of drug-likeness (QED) is 0.130. The van der Waals surface area contributed by atoms with Crippen LogP contribution in [0.4, 0.5) is 9.18 Å². The van der Waals surface area contributed by atoms with Crippen LogP contribution in [0, 0.1) is 44.2 Å². The molecule has 1 aromatic heterocycles. The molecule has 0 radical (unpaired) electrons. The number of hydrogen-bond donors (Lipinski definition) is 3. The monoisotopic (exact) mass is 1020 g/mol. The maximum absolute atomic E-state index is 13.6. The molecule has 0 saturated heterocycles. The predicted molar refractivity (Wildman–Crippen MR) is 272 cm³/mol. The zero-order chi connectivity index (χ0) is 51.6. The number of fused-ring (bicyclic) bond motifs is 1. The minimum absolute atomic E-state index is 0.00128. The topological polar surface area (TPSA) is 183 Å². The van der Waals surface area contributed by atoms with Gasteiger partial charge >= 0.3 is 23.9 Å². The highest BCUT2D eigenvalue weighted by Crippen LogP contribution is 2.70. The first-order chi connectivity index (χ1) is 34.6. The van der Waals surface area contributed by atoms with Crippen molar-refractivity contribution in [3.05, 3.63) is 112 Å². The number of urea groups is 1. The van der Waals surface area contributed by atoms with Crippen LogP contribution < -0.4 is 11.1 Å². The lowest BCUT2D eigenvalue weighted by atomic mass is 9.61. The summed E-state index contributed by atoms with van der Waals surface area (Å²) in [5.41, 5.74) is 10.8. The number of carboxylic acids is 1. The molecule has 0 bridgehead atoms. The van der Waals surface area contributed by atoms with E-state index in [0.29, 0.717) is 64.9 Å². The molecule has 0 atom stereocenters. The predicted octanol–water partition coefficient (Wildman–Crippen LogP) is 11.2. The molecular weight excluding hydrogens is 949 g/mol. The van der Waals surface area contributed by atoms with Crippen LogP contribution in [0.1, 0.15) is 151 Å². The molecule has 8 saturated carbocycles. The summed E-state index contributed by atoms with van der Waals surface area (Å²) in [6.07, 6.45) is 18.5. The third-order valence-electron chi connectivity index (χ3n) is 17.7. The molecule has 4 N–H and O–H groups in total. The molecule has 8 fully saturated rings. The lowest BCUT2D eigenvalue weighted by molar-refractivity contribution is -0.166. The van der Waals surface area contributed by atoms with Gasteiger partial charge in [-0.3, -0.25) is 23.9 Å². The highest BCUT2D eigenvalue weighted by Gasteiger charge is 2.63. The molecule has 13 nitrogen and oxygen atoms in total. The molecule has 388 valence electrons. The SMILES string of the molecule is CC1(C(=O)O)CC2(CC2)C1.CC1(C(=O)OCc2ccccc2)CC2(CC2)C1.CC1(NC(=O)N2CCn3nc(-c4ccc(F)c(Cl)c4)c(C(N)=O)c3C2)CC2(CC2)C1.O=C(OCc1ccccc1)C1CC2(CC2)C1. The highest BCUT2D eigenvalue weighted by atomic mass is 35.5. The van der Waals surface area contributed by atoms with Crippen molar-refractivity contribution in [1.82, 2.24) is 20.0 Å². The van der Waals surface area contributed by atoms with Crippen LogP contribution in [0.25, 0.3) is 11.3 Å². The number of esters is 2. The van der Waals surface area contributed by atoms with E-state index in [-0.39, 0.29) is 57.4 Å². The van der Waals surface area contributed by atoms with Gasteiger partial charge in [-0.15, -0.1) is 0 Å². The number of amides is 3. The molecule has 1 aliphatic heterocycles. The van der Waals surface area contributed by atoms with E-state index in [0.717, 1.165) is 62.5 Å². The minimum Gasteiger partial charge on any atom is -0.481 e. The summed E-state index contributed by atoms with van der Waals surface area (Å²) in [5.74, 6) is -1.63. The number of ether oxygens (including phenoxy) is 2. The van der Waals surface area contributed by atoms with Gasteiger partial charge < -0.3 is 30.5 Å². The smallest absolute Gasteiger partial charge is 0.318 e. The normalized spacial score (nSPS) is 26.1. The number of nitrogens with two attached hydrogens (primary N) is 1. The maximum atomic E-state index is 13.6. The number of aliphatic carboxylic acids is 1. The van der Waals surface area contributed by atoms with Crippen molar-refractivity contribution in [1.29, 1.82) is 0 Å². The Labute approximate surface area is 432 Å². The van der Waals surface area contributed by atoms with Crippen molar-refractivity contribution >= 4 is 41.4 Å². The zero-order valence-corrected chi connectivity index (χ0v) is 43.2.